The Hall–Kier alpha value is -0.580. The first kappa shape index (κ1) is 11.5. The third kappa shape index (κ3) is 4.60. The molecule has 0 bridgehead atoms. The maximum absolute atomic E-state index is 11.0. The number of nitrogens with one attached hydrogen (secondary N) is 1. The molecule has 0 saturated heterocycles. The van der Waals surface area contributed by atoms with Crippen molar-refractivity contribution in [2.75, 3.05) is 11.9 Å². The fourth-order valence-corrected chi connectivity index (χ4v) is 0.797. The van der Waals surface area contributed by atoms with Crippen LogP contribution in [0.3, 0.4) is 0 Å². The molecule has 0 aliphatic carbocycles. The zero-order valence-corrected chi connectivity index (χ0v) is 9.07. The predicted octanol–water partition coefficient (Wildman–Crippen LogP) is 3.20. The summed E-state index contributed by atoms with van der Waals surface area (Å²) in [6.07, 6.45) is 0.663. The van der Waals surface area contributed by atoms with Crippen LogP contribution >= 0.6 is 34.8 Å². The molecule has 1 amide bonds. The van der Waals surface area contributed by atoms with E-state index in [1.807, 2.05) is 0 Å². The number of anilines is 1. The average Bonchev–Trinajstić information content (AvgIpc) is 2.52. The normalized spacial score (nSPS) is 11.1. The number of carbonyl (C=O) groups excluding carboxylic acids is 1. The van der Waals surface area contributed by atoms with Crippen LogP contribution in [0.1, 0.15) is 0 Å². The van der Waals surface area contributed by atoms with Crippen molar-refractivity contribution in [2.24, 2.45) is 0 Å². The number of amides is 1. The smallest absolute Gasteiger partial charge is 0.414 e. The number of alkyl halides is 3. The van der Waals surface area contributed by atoms with Crippen molar-refractivity contribution in [3.8, 4) is 0 Å². The molecule has 4 nitrogen and oxygen atoms in total. The second-order valence-corrected chi connectivity index (χ2v) is 4.81. The van der Waals surface area contributed by atoms with Crippen molar-refractivity contribution in [3.63, 3.8) is 0 Å². The number of ether oxygens (including phenoxy) is 1. The standard InChI is InChI=1S/C7H6Cl3NO3/c8-7(9,10)4-14-6(12)11-5-2-1-3-13-5/h1-3H,4H2,(H,11,12). The molecule has 0 unspecified atom stereocenters. The summed E-state index contributed by atoms with van der Waals surface area (Å²) in [6, 6.07) is 3.17. The van der Waals surface area contributed by atoms with Crippen LogP contribution in [0.4, 0.5) is 10.7 Å². The quantitative estimate of drug-likeness (QED) is 0.829. The van der Waals surface area contributed by atoms with Crippen LogP contribution in [-0.4, -0.2) is 16.5 Å². The van der Waals surface area contributed by atoms with E-state index < -0.39 is 9.89 Å². The summed E-state index contributed by atoms with van der Waals surface area (Å²) in [5.41, 5.74) is 0. The van der Waals surface area contributed by atoms with Gasteiger partial charge in [0.15, 0.2) is 0 Å². The van der Waals surface area contributed by atoms with Crippen LogP contribution in [0.2, 0.25) is 0 Å². The number of hydrogen-bond donors (Lipinski definition) is 1. The Labute approximate surface area is 95.1 Å². The summed E-state index contributed by atoms with van der Waals surface area (Å²) in [5.74, 6) is 0.263. The van der Waals surface area contributed by atoms with Gasteiger partial charge in [-0.3, -0.25) is 5.32 Å². The Bertz CT molecular complexity index is 294. The molecular weight excluding hydrogens is 252 g/mol. The Morgan fingerprint density at radius 3 is 2.79 bits per heavy atom. The van der Waals surface area contributed by atoms with E-state index in [2.05, 4.69) is 10.1 Å². The van der Waals surface area contributed by atoms with Crippen LogP contribution in [0.25, 0.3) is 0 Å². The predicted molar refractivity (Wildman–Crippen MR) is 54.0 cm³/mol. The first-order valence-electron chi connectivity index (χ1n) is 3.51. The van der Waals surface area contributed by atoms with Crippen molar-refractivity contribution in [3.05, 3.63) is 18.4 Å². The number of halogens is 3. The second kappa shape index (κ2) is 4.77. The van der Waals surface area contributed by atoms with Crippen LogP contribution in [0.5, 0.6) is 0 Å². The van der Waals surface area contributed by atoms with Crippen molar-refractivity contribution >= 4 is 46.8 Å². The first-order chi connectivity index (χ1) is 6.47. The van der Waals surface area contributed by atoms with Gasteiger partial charge in [0.25, 0.3) is 0 Å². The van der Waals surface area contributed by atoms with E-state index in [0.29, 0.717) is 0 Å². The molecule has 1 aromatic heterocycles. The molecule has 0 saturated carbocycles. The minimum absolute atomic E-state index is 0.263. The summed E-state index contributed by atoms with van der Waals surface area (Å²) >= 11 is 16.1. The van der Waals surface area contributed by atoms with E-state index in [1.165, 1.54) is 6.26 Å². The molecule has 14 heavy (non-hydrogen) atoms. The lowest BCUT2D eigenvalue weighted by molar-refractivity contribution is 0.163. The molecule has 7 heteroatoms. The van der Waals surface area contributed by atoms with Crippen LogP contribution < -0.4 is 5.32 Å². The number of rotatable bonds is 2. The maximum Gasteiger partial charge on any atom is 0.414 e. The lowest BCUT2D eigenvalue weighted by atomic mass is 10.6. The average molecular weight is 258 g/mol. The Balaban J connectivity index is 2.30. The number of carbonyl (C=O) groups is 1. The van der Waals surface area contributed by atoms with Crippen molar-refractivity contribution in [1.82, 2.24) is 0 Å². The van der Waals surface area contributed by atoms with Crippen LogP contribution in [-0.2, 0) is 4.74 Å². The van der Waals surface area contributed by atoms with Gasteiger partial charge < -0.3 is 9.15 Å². The van der Waals surface area contributed by atoms with Gasteiger partial charge in [-0.25, -0.2) is 4.79 Å². The molecule has 0 aliphatic heterocycles. The second-order valence-electron chi connectivity index (χ2n) is 2.29. The summed E-state index contributed by atoms with van der Waals surface area (Å²) in [4.78, 5) is 11.0. The van der Waals surface area contributed by atoms with Gasteiger partial charge in [0.05, 0.1) is 6.26 Å². The number of furan rings is 1. The molecule has 78 valence electrons. The third-order valence-electron chi connectivity index (χ3n) is 1.11. The van der Waals surface area contributed by atoms with E-state index in [-0.39, 0.29) is 12.5 Å². The number of hydrogen-bond acceptors (Lipinski definition) is 3. The van der Waals surface area contributed by atoms with Crippen molar-refractivity contribution in [2.45, 2.75) is 3.79 Å². The molecule has 0 radical (unpaired) electrons. The highest BCUT2D eigenvalue weighted by Gasteiger charge is 2.22. The van der Waals surface area contributed by atoms with E-state index in [0.717, 1.165) is 0 Å². The van der Waals surface area contributed by atoms with E-state index in [4.69, 9.17) is 39.2 Å². The van der Waals surface area contributed by atoms with Gasteiger partial charge in [-0.2, -0.15) is 0 Å². The third-order valence-corrected chi connectivity index (χ3v) is 1.44. The Morgan fingerprint density at radius 2 is 2.29 bits per heavy atom. The van der Waals surface area contributed by atoms with Gasteiger partial charge in [0.1, 0.15) is 6.61 Å². The molecule has 0 spiro atoms. The van der Waals surface area contributed by atoms with Gasteiger partial charge in [-0.1, -0.05) is 34.8 Å². The molecule has 0 aliphatic rings. The summed E-state index contributed by atoms with van der Waals surface area (Å²) < 4.78 is 7.79. The van der Waals surface area contributed by atoms with E-state index >= 15 is 0 Å². The minimum Gasteiger partial charge on any atom is -0.448 e. The highest BCUT2D eigenvalue weighted by Crippen LogP contribution is 2.26. The maximum atomic E-state index is 11.0. The van der Waals surface area contributed by atoms with Crippen molar-refractivity contribution in [1.29, 1.82) is 0 Å². The SMILES string of the molecule is O=C(Nc1ccco1)OCC(Cl)(Cl)Cl. The van der Waals surface area contributed by atoms with Gasteiger partial charge in [-0.15, -0.1) is 0 Å². The molecule has 0 aromatic carbocycles. The van der Waals surface area contributed by atoms with E-state index in [9.17, 15) is 4.79 Å². The van der Waals surface area contributed by atoms with Crippen LogP contribution in [0.15, 0.2) is 22.8 Å². The molecule has 0 fully saturated rings. The molecule has 1 aromatic rings. The molecule has 1 heterocycles. The highest BCUT2D eigenvalue weighted by atomic mass is 35.6. The molecule has 1 rings (SSSR count). The lowest BCUT2D eigenvalue weighted by Gasteiger charge is -2.10. The Morgan fingerprint density at radius 1 is 1.57 bits per heavy atom. The summed E-state index contributed by atoms with van der Waals surface area (Å²) in [5, 5.41) is 2.29. The van der Waals surface area contributed by atoms with Gasteiger partial charge in [0.2, 0.25) is 9.68 Å². The van der Waals surface area contributed by atoms with Gasteiger partial charge in [-0.05, 0) is 6.07 Å². The minimum atomic E-state index is -1.61. The Kier molecular flexibility index (Phi) is 3.92. The topological polar surface area (TPSA) is 51.5 Å². The zero-order valence-electron chi connectivity index (χ0n) is 6.80. The summed E-state index contributed by atoms with van der Waals surface area (Å²) in [7, 11) is 0. The van der Waals surface area contributed by atoms with E-state index in [1.54, 1.807) is 12.1 Å². The molecule has 0 atom stereocenters. The fraction of sp³-hybridized carbons (Fsp3) is 0.286. The first-order valence-corrected chi connectivity index (χ1v) is 4.65. The van der Waals surface area contributed by atoms with Crippen LogP contribution in [0, 0.1) is 0 Å². The highest BCUT2D eigenvalue weighted by molar-refractivity contribution is 6.67. The zero-order chi connectivity index (χ0) is 10.6. The summed E-state index contributed by atoms with van der Waals surface area (Å²) in [6.45, 7) is -0.329. The van der Waals surface area contributed by atoms with Crippen molar-refractivity contribution < 1.29 is 13.9 Å². The molecule has 1 N–H and O–H groups in total. The fourth-order valence-electron chi connectivity index (χ4n) is 0.634. The van der Waals surface area contributed by atoms with Gasteiger partial charge in [0, 0.05) is 6.07 Å². The largest absolute Gasteiger partial charge is 0.448 e. The monoisotopic (exact) mass is 257 g/mol. The molecular formula is C7H6Cl3NO3. The lowest BCUT2D eigenvalue weighted by Crippen LogP contribution is -2.20. The van der Waals surface area contributed by atoms with Gasteiger partial charge >= 0.3 is 6.09 Å².